The number of likely N-dealkylation sites (N-methyl/N-ethyl adjacent to an activating group) is 1. The van der Waals surface area contributed by atoms with E-state index in [0.717, 1.165) is 51.6 Å². The van der Waals surface area contributed by atoms with E-state index in [0.29, 0.717) is 0 Å². The molecule has 9 heteroatoms. The van der Waals surface area contributed by atoms with E-state index < -0.39 is 0 Å². The molecule has 2 fully saturated rings. The van der Waals surface area contributed by atoms with Gasteiger partial charge in [-0.15, -0.1) is 0 Å². The van der Waals surface area contributed by atoms with Crippen LogP contribution in [-0.4, -0.2) is 101 Å². The predicted octanol–water partition coefficient (Wildman–Crippen LogP) is -1.04. The Labute approximate surface area is 136 Å². The Balaban J connectivity index is 1.45. The second kappa shape index (κ2) is 7.24. The molecule has 2 atom stereocenters. The van der Waals surface area contributed by atoms with E-state index in [1.165, 1.54) is 6.33 Å². The average Bonchev–Trinajstić information content (AvgIpc) is 3.17. The summed E-state index contributed by atoms with van der Waals surface area (Å²) < 4.78 is 5.46. The molecule has 1 aromatic heterocycles. The summed E-state index contributed by atoms with van der Waals surface area (Å²) in [6.07, 6.45) is 1.58. The van der Waals surface area contributed by atoms with Gasteiger partial charge >= 0.3 is 6.03 Å². The summed E-state index contributed by atoms with van der Waals surface area (Å²) in [5.41, 5.74) is 0. The van der Waals surface area contributed by atoms with Crippen LogP contribution in [0.3, 0.4) is 0 Å². The van der Waals surface area contributed by atoms with Gasteiger partial charge in [0.25, 0.3) is 0 Å². The summed E-state index contributed by atoms with van der Waals surface area (Å²) in [5.74, 6) is 0.861. The summed E-state index contributed by atoms with van der Waals surface area (Å²) in [4.78, 5) is 22.9. The quantitative estimate of drug-likeness (QED) is 0.736. The first kappa shape index (κ1) is 16.2. The third-order valence-electron chi connectivity index (χ3n) is 4.56. The van der Waals surface area contributed by atoms with Crippen molar-refractivity contribution >= 4 is 6.03 Å². The topological polar surface area (TPSA) is 89.6 Å². The van der Waals surface area contributed by atoms with Crippen LogP contribution < -0.4 is 5.32 Å². The van der Waals surface area contributed by atoms with Crippen LogP contribution in [0.1, 0.15) is 5.82 Å². The van der Waals surface area contributed by atoms with Crippen LogP contribution >= 0.6 is 0 Å². The molecule has 3 rings (SSSR count). The third-order valence-corrected chi connectivity index (χ3v) is 4.56. The maximum absolute atomic E-state index is 12.4. The van der Waals surface area contributed by atoms with Crippen molar-refractivity contribution in [1.82, 2.24) is 35.2 Å². The number of piperazine rings is 1. The van der Waals surface area contributed by atoms with Crippen molar-refractivity contribution in [2.45, 2.75) is 18.7 Å². The SMILES string of the molecule is CO[C@H]1CN(C)C[C@@H]1NC(=O)N1CCN(Cc2ncn[nH]2)CC1. The fourth-order valence-corrected chi connectivity index (χ4v) is 3.22. The van der Waals surface area contributed by atoms with Gasteiger partial charge in [0, 0.05) is 46.4 Å². The fourth-order valence-electron chi connectivity index (χ4n) is 3.22. The lowest BCUT2D eigenvalue weighted by Gasteiger charge is -2.35. The molecule has 2 N–H and O–H groups in total. The Bertz CT molecular complexity index is 501. The van der Waals surface area contributed by atoms with E-state index in [9.17, 15) is 4.79 Å². The van der Waals surface area contributed by atoms with Crippen LogP contribution in [0.4, 0.5) is 4.79 Å². The van der Waals surface area contributed by atoms with Gasteiger partial charge in [-0.25, -0.2) is 9.78 Å². The van der Waals surface area contributed by atoms with Gasteiger partial charge in [0.2, 0.25) is 0 Å². The van der Waals surface area contributed by atoms with Crippen LogP contribution in [0.2, 0.25) is 0 Å². The van der Waals surface area contributed by atoms with Gasteiger partial charge in [0.05, 0.1) is 18.7 Å². The lowest BCUT2D eigenvalue weighted by atomic mass is 10.2. The second-order valence-corrected chi connectivity index (χ2v) is 6.25. The minimum absolute atomic E-state index is 0.00617. The molecule has 0 saturated carbocycles. The van der Waals surface area contributed by atoms with Crippen LogP contribution in [0.5, 0.6) is 0 Å². The van der Waals surface area contributed by atoms with Crippen molar-refractivity contribution in [3.63, 3.8) is 0 Å². The Morgan fingerprint density at radius 2 is 2.17 bits per heavy atom. The number of hydrogen-bond acceptors (Lipinski definition) is 6. The number of amides is 2. The molecule has 2 amide bonds. The fraction of sp³-hybridized carbons (Fsp3) is 0.786. The number of nitrogens with one attached hydrogen (secondary N) is 2. The van der Waals surface area contributed by atoms with Crippen molar-refractivity contribution in [3.05, 3.63) is 12.2 Å². The van der Waals surface area contributed by atoms with E-state index in [2.05, 4.69) is 30.3 Å². The lowest BCUT2D eigenvalue weighted by molar-refractivity contribution is 0.0872. The number of ether oxygens (including phenoxy) is 1. The zero-order valence-corrected chi connectivity index (χ0v) is 13.7. The van der Waals surface area contributed by atoms with Gasteiger partial charge in [-0.3, -0.25) is 10.00 Å². The molecule has 3 heterocycles. The molecule has 0 aromatic carbocycles. The van der Waals surface area contributed by atoms with E-state index >= 15 is 0 Å². The number of H-pyrrole nitrogens is 1. The Kier molecular flexibility index (Phi) is 5.09. The second-order valence-electron chi connectivity index (χ2n) is 6.25. The van der Waals surface area contributed by atoms with Gasteiger partial charge in [-0.2, -0.15) is 5.10 Å². The molecule has 0 bridgehead atoms. The first-order chi connectivity index (χ1) is 11.2. The highest BCUT2D eigenvalue weighted by Gasteiger charge is 2.33. The van der Waals surface area contributed by atoms with Gasteiger partial charge in [-0.05, 0) is 7.05 Å². The standard InChI is InChI=1S/C14H25N7O2/c1-19-7-11(12(8-19)23-2)17-14(22)21-5-3-20(4-6-21)9-13-15-10-16-18-13/h10-12H,3-9H2,1-2H3,(H,17,22)(H,15,16,18)/t11-,12-/m0/s1. The molecule has 0 spiro atoms. The molecule has 2 aliphatic heterocycles. The van der Waals surface area contributed by atoms with Crippen molar-refractivity contribution in [1.29, 1.82) is 0 Å². The first-order valence-corrected chi connectivity index (χ1v) is 7.99. The van der Waals surface area contributed by atoms with Gasteiger partial charge < -0.3 is 19.9 Å². The van der Waals surface area contributed by atoms with Crippen LogP contribution in [-0.2, 0) is 11.3 Å². The normalized spacial score (nSPS) is 26.6. The number of methoxy groups -OCH3 is 1. The summed E-state index contributed by atoms with van der Waals surface area (Å²) in [6, 6.07) is 0.0661. The molecule has 2 saturated heterocycles. The molecule has 2 aliphatic rings. The summed E-state index contributed by atoms with van der Waals surface area (Å²) >= 11 is 0. The smallest absolute Gasteiger partial charge is 0.317 e. The maximum Gasteiger partial charge on any atom is 0.317 e. The van der Waals surface area contributed by atoms with Crippen LogP contribution in [0, 0.1) is 0 Å². The Morgan fingerprint density at radius 3 is 2.83 bits per heavy atom. The first-order valence-electron chi connectivity index (χ1n) is 7.99. The molecule has 9 nitrogen and oxygen atoms in total. The van der Waals surface area contributed by atoms with E-state index in [4.69, 9.17) is 4.74 Å². The maximum atomic E-state index is 12.4. The molecular formula is C14H25N7O2. The molecule has 23 heavy (non-hydrogen) atoms. The van der Waals surface area contributed by atoms with Gasteiger partial charge in [0.1, 0.15) is 12.2 Å². The summed E-state index contributed by atoms with van der Waals surface area (Å²) in [5, 5.41) is 9.84. The highest BCUT2D eigenvalue weighted by atomic mass is 16.5. The van der Waals surface area contributed by atoms with Crippen LogP contribution in [0.25, 0.3) is 0 Å². The molecule has 128 valence electrons. The third kappa shape index (κ3) is 3.98. The number of aromatic amines is 1. The number of likely N-dealkylation sites (tertiary alicyclic amines) is 1. The minimum atomic E-state index is 0.00617. The number of urea groups is 1. The van der Waals surface area contributed by atoms with Crippen molar-refractivity contribution in [3.8, 4) is 0 Å². The van der Waals surface area contributed by atoms with E-state index in [1.54, 1.807) is 7.11 Å². The molecule has 0 unspecified atom stereocenters. The molecule has 0 radical (unpaired) electrons. The highest BCUT2D eigenvalue weighted by Crippen LogP contribution is 2.12. The number of aromatic nitrogens is 3. The highest BCUT2D eigenvalue weighted by molar-refractivity contribution is 5.74. The number of hydrogen-bond donors (Lipinski definition) is 2. The van der Waals surface area contributed by atoms with Crippen molar-refractivity contribution in [2.75, 3.05) is 53.4 Å². The summed E-state index contributed by atoms with van der Waals surface area (Å²) in [7, 11) is 3.74. The minimum Gasteiger partial charge on any atom is -0.378 e. The summed E-state index contributed by atoms with van der Waals surface area (Å²) in [6.45, 7) is 5.55. The molecular weight excluding hydrogens is 298 g/mol. The average molecular weight is 323 g/mol. The molecule has 0 aliphatic carbocycles. The van der Waals surface area contributed by atoms with E-state index in [1.807, 2.05) is 11.9 Å². The van der Waals surface area contributed by atoms with Crippen molar-refractivity contribution < 1.29 is 9.53 Å². The number of carbonyl (C=O) groups is 1. The number of rotatable bonds is 4. The zero-order chi connectivity index (χ0) is 16.2. The number of nitrogens with zero attached hydrogens (tertiary/aromatic N) is 5. The van der Waals surface area contributed by atoms with Gasteiger partial charge in [0.15, 0.2) is 0 Å². The predicted molar refractivity (Wildman–Crippen MR) is 83.8 cm³/mol. The monoisotopic (exact) mass is 323 g/mol. The largest absolute Gasteiger partial charge is 0.378 e. The lowest BCUT2D eigenvalue weighted by Crippen LogP contribution is -2.55. The van der Waals surface area contributed by atoms with Crippen LogP contribution in [0.15, 0.2) is 6.33 Å². The number of carbonyl (C=O) groups excluding carboxylic acids is 1. The van der Waals surface area contributed by atoms with Crippen molar-refractivity contribution in [2.24, 2.45) is 0 Å². The molecule has 1 aromatic rings. The Morgan fingerprint density at radius 1 is 1.39 bits per heavy atom. The zero-order valence-electron chi connectivity index (χ0n) is 13.7. The Hall–Kier alpha value is -1.71. The van der Waals surface area contributed by atoms with E-state index in [-0.39, 0.29) is 18.2 Å². The van der Waals surface area contributed by atoms with Gasteiger partial charge in [-0.1, -0.05) is 0 Å².